The summed E-state index contributed by atoms with van der Waals surface area (Å²) in [6.07, 6.45) is -0.733. The second-order valence-electron chi connectivity index (χ2n) is 5.30. The maximum absolute atomic E-state index is 12.6. The molecule has 1 heterocycles. The molecule has 0 aromatic heterocycles. The number of hydrogen-bond acceptors (Lipinski definition) is 3. The summed E-state index contributed by atoms with van der Waals surface area (Å²) >= 11 is 1.47. The minimum absolute atomic E-state index is 0.431. The zero-order valence-electron chi connectivity index (χ0n) is 11.9. The molecule has 0 radical (unpaired) electrons. The molecule has 0 bridgehead atoms. The Hall–Kier alpha value is -0.720. The molecule has 0 amide bonds. The van der Waals surface area contributed by atoms with Crippen LogP contribution < -0.4 is 5.73 Å². The topological polar surface area (TPSA) is 29.3 Å². The Bertz CT molecular complexity index is 451. The summed E-state index contributed by atoms with van der Waals surface area (Å²) < 4.78 is 37.9. The number of likely N-dealkylation sites (tertiary alicyclic amines) is 1. The monoisotopic (exact) mass is 318 g/mol. The molecule has 1 saturated heterocycles. The smallest absolute Gasteiger partial charge is 0.329 e. The number of hydrogen-bond donors (Lipinski definition) is 1. The molecule has 1 atom stereocenters. The second kappa shape index (κ2) is 7.51. The normalized spacial score (nSPS) is 20.7. The first kappa shape index (κ1) is 16.6. The summed E-state index contributed by atoms with van der Waals surface area (Å²) in [5, 5.41) is 0. The van der Waals surface area contributed by atoms with Crippen LogP contribution in [0.2, 0.25) is 0 Å². The molecule has 1 aliphatic heterocycles. The fraction of sp³-hybridized carbons (Fsp3) is 0.600. The molecule has 2 nitrogen and oxygen atoms in total. The average molecular weight is 318 g/mol. The van der Waals surface area contributed by atoms with Crippen molar-refractivity contribution in [2.45, 2.75) is 36.4 Å². The lowest BCUT2D eigenvalue weighted by Crippen LogP contribution is -2.44. The summed E-state index contributed by atoms with van der Waals surface area (Å²) in [5.41, 5.74) is 5.19. The Morgan fingerprint density at radius 3 is 2.81 bits per heavy atom. The van der Waals surface area contributed by atoms with Crippen molar-refractivity contribution >= 4 is 11.8 Å². The molecule has 2 rings (SSSR count). The fourth-order valence-electron chi connectivity index (χ4n) is 2.66. The van der Waals surface area contributed by atoms with E-state index in [4.69, 9.17) is 5.73 Å². The van der Waals surface area contributed by atoms with E-state index >= 15 is 0 Å². The van der Waals surface area contributed by atoms with Crippen LogP contribution in [0.4, 0.5) is 13.2 Å². The third-order valence-corrected chi connectivity index (χ3v) is 4.80. The van der Waals surface area contributed by atoms with E-state index < -0.39 is 11.7 Å². The predicted molar refractivity (Wildman–Crippen MR) is 80.4 cm³/mol. The van der Waals surface area contributed by atoms with E-state index in [2.05, 4.69) is 4.90 Å². The van der Waals surface area contributed by atoms with Crippen LogP contribution in [0.25, 0.3) is 0 Å². The van der Waals surface area contributed by atoms with Crippen molar-refractivity contribution in [1.29, 1.82) is 0 Å². The van der Waals surface area contributed by atoms with E-state index in [0.717, 1.165) is 31.3 Å². The number of piperidine rings is 1. The van der Waals surface area contributed by atoms with Crippen LogP contribution in [-0.2, 0) is 6.18 Å². The van der Waals surface area contributed by atoms with Crippen LogP contribution >= 0.6 is 11.8 Å². The summed E-state index contributed by atoms with van der Waals surface area (Å²) in [6.45, 7) is 2.59. The first-order chi connectivity index (χ1) is 10.0. The number of benzene rings is 1. The molecule has 0 spiro atoms. The summed E-state index contributed by atoms with van der Waals surface area (Å²) in [7, 11) is 0. The number of halogens is 3. The quantitative estimate of drug-likeness (QED) is 0.841. The van der Waals surface area contributed by atoms with E-state index in [1.807, 2.05) is 0 Å². The van der Waals surface area contributed by atoms with Crippen molar-refractivity contribution in [1.82, 2.24) is 4.90 Å². The van der Waals surface area contributed by atoms with Crippen LogP contribution in [-0.4, -0.2) is 36.3 Å². The number of thioether (sulfide) groups is 1. The van der Waals surface area contributed by atoms with Gasteiger partial charge in [0.05, 0.1) is 5.56 Å². The molecule has 1 aromatic carbocycles. The van der Waals surface area contributed by atoms with Crippen LogP contribution in [0.3, 0.4) is 0 Å². The molecule has 1 aromatic rings. The van der Waals surface area contributed by atoms with Crippen molar-refractivity contribution < 1.29 is 13.2 Å². The lowest BCUT2D eigenvalue weighted by molar-refractivity contribution is -0.137. The number of rotatable bonds is 5. The molecule has 2 N–H and O–H groups in total. The van der Waals surface area contributed by atoms with Crippen LogP contribution in [0, 0.1) is 0 Å². The molecule has 0 saturated carbocycles. The molecule has 118 valence electrons. The highest BCUT2D eigenvalue weighted by atomic mass is 32.2. The van der Waals surface area contributed by atoms with E-state index in [1.165, 1.54) is 36.7 Å². The third kappa shape index (κ3) is 4.90. The Balaban J connectivity index is 1.85. The standard InChI is InChI=1S/C15H21F3N2S/c16-15(17,18)12-4-3-6-14(10-12)21-9-8-20-7-2-1-5-13(20)11-19/h3-4,6,10,13H,1-2,5,7-9,11,19H2. The van der Waals surface area contributed by atoms with Crippen molar-refractivity contribution in [3.8, 4) is 0 Å². The van der Waals surface area contributed by atoms with Gasteiger partial charge in [-0.3, -0.25) is 4.90 Å². The van der Waals surface area contributed by atoms with Gasteiger partial charge in [0.1, 0.15) is 0 Å². The minimum Gasteiger partial charge on any atom is -0.329 e. The Labute approximate surface area is 127 Å². The molecular weight excluding hydrogens is 297 g/mol. The van der Waals surface area contributed by atoms with Gasteiger partial charge in [-0.05, 0) is 37.6 Å². The van der Waals surface area contributed by atoms with Gasteiger partial charge in [0, 0.05) is 29.8 Å². The van der Waals surface area contributed by atoms with Crippen molar-refractivity contribution in [3.63, 3.8) is 0 Å². The summed E-state index contributed by atoms with van der Waals surface area (Å²) in [5.74, 6) is 0.789. The van der Waals surface area contributed by atoms with Crippen LogP contribution in [0.15, 0.2) is 29.2 Å². The number of nitrogens with zero attached hydrogens (tertiary/aromatic N) is 1. The highest BCUT2D eigenvalue weighted by Gasteiger charge is 2.30. The molecule has 1 fully saturated rings. The largest absolute Gasteiger partial charge is 0.416 e. The van der Waals surface area contributed by atoms with Crippen molar-refractivity contribution in [2.75, 3.05) is 25.4 Å². The van der Waals surface area contributed by atoms with Gasteiger partial charge in [0.25, 0.3) is 0 Å². The van der Waals surface area contributed by atoms with Crippen LogP contribution in [0.1, 0.15) is 24.8 Å². The summed E-state index contributed by atoms with van der Waals surface area (Å²) in [6, 6.07) is 5.96. The highest BCUT2D eigenvalue weighted by Crippen LogP contribution is 2.32. The van der Waals surface area contributed by atoms with E-state index in [1.54, 1.807) is 6.07 Å². The van der Waals surface area contributed by atoms with Gasteiger partial charge in [-0.25, -0.2) is 0 Å². The Kier molecular flexibility index (Phi) is 5.96. The zero-order valence-corrected chi connectivity index (χ0v) is 12.7. The molecule has 1 aliphatic rings. The van der Waals surface area contributed by atoms with Gasteiger partial charge in [0.15, 0.2) is 0 Å². The molecular formula is C15H21F3N2S. The minimum atomic E-state index is -4.27. The van der Waals surface area contributed by atoms with E-state index in [0.29, 0.717) is 17.5 Å². The predicted octanol–water partition coefficient (Wildman–Crippen LogP) is 3.61. The lowest BCUT2D eigenvalue weighted by Gasteiger charge is -2.34. The fourth-order valence-corrected chi connectivity index (χ4v) is 3.61. The molecule has 6 heteroatoms. The van der Waals surface area contributed by atoms with Crippen LogP contribution in [0.5, 0.6) is 0 Å². The molecule has 0 aliphatic carbocycles. The number of alkyl halides is 3. The first-order valence-electron chi connectivity index (χ1n) is 7.25. The second-order valence-corrected chi connectivity index (χ2v) is 6.46. The van der Waals surface area contributed by atoms with E-state index in [9.17, 15) is 13.2 Å². The zero-order chi connectivity index (χ0) is 15.3. The summed E-state index contributed by atoms with van der Waals surface area (Å²) in [4.78, 5) is 3.04. The van der Waals surface area contributed by atoms with Gasteiger partial charge < -0.3 is 5.73 Å². The SMILES string of the molecule is NCC1CCCCN1CCSc1cccc(C(F)(F)F)c1. The van der Waals surface area contributed by atoms with Gasteiger partial charge in [-0.2, -0.15) is 13.2 Å². The van der Waals surface area contributed by atoms with Gasteiger partial charge >= 0.3 is 6.18 Å². The third-order valence-electron chi connectivity index (χ3n) is 3.83. The Morgan fingerprint density at radius 2 is 2.10 bits per heavy atom. The maximum Gasteiger partial charge on any atom is 0.416 e. The van der Waals surface area contributed by atoms with Crippen molar-refractivity contribution in [2.24, 2.45) is 5.73 Å². The van der Waals surface area contributed by atoms with Crippen molar-refractivity contribution in [3.05, 3.63) is 29.8 Å². The number of nitrogens with two attached hydrogens (primary N) is 1. The lowest BCUT2D eigenvalue weighted by atomic mass is 10.0. The van der Waals surface area contributed by atoms with E-state index in [-0.39, 0.29) is 0 Å². The van der Waals surface area contributed by atoms with Gasteiger partial charge in [-0.1, -0.05) is 12.5 Å². The average Bonchev–Trinajstić information content (AvgIpc) is 2.47. The molecule has 21 heavy (non-hydrogen) atoms. The first-order valence-corrected chi connectivity index (χ1v) is 8.23. The Morgan fingerprint density at radius 1 is 1.29 bits per heavy atom. The van der Waals surface area contributed by atoms with Gasteiger partial charge in [0.2, 0.25) is 0 Å². The highest BCUT2D eigenvalue weighted by molar-refractivity contribution is 7.99. The maximum atomic E-state index is 12.6. The molecule has 1 unspecified atom stereocenters. The van der Waals surface area contributed by atoms with Gasteiger partial charge in [-0.15, -0.1) is 11.8 Å².